The molecule has 2 aromatic rings. The molecule has 2 aliphatic rings. The first-order valence-corrected chi connectivity index (χ1v) is 14.2. The largest absolute Gasteiger partial charge is 0.494 e. The smallest absolute Gasteiger partial charge is 0.247 e. The van der Waals surface area contributed by atoms with Gasteiger partial charge in [-0.2, -0.15) is 4.98 Å². The number of methoxy groups -OCH3 is 1. The van der Waals surface area contributed by atoms with Crippen molar-refractivity contribution in [2.24, 2.45) is 0 Å². The van der Waals surface area contributed by atoms with E-state index >= 15 is 0 Å². The molecule has 0 spiro atoms. The lowest BCUT2D eigenvalue weighted by atomic mass is 10.0. The minimum Gasteiger partial charge on any atom is -0.494 e. The van der Waals surface area contributed by atoms with Crippen LogP contribution in [-0.4, -0.2) is 90.9 Å². The molecule has 1 atom stereocenters. The highest BCUT2D eigenvalue weighted by molar-refractivity contribution is 7.96. The van der Waals surface area contributed by atoms with Gasteiger partial charge in [0.25, 0.3) is 0 Å². The summed E-state index contributed by atoms with van der Waals surface area (Å²) in [6, 6.07) is 4.30. The third kappa shape index (κ3) is 6.82. The lowest BCUT2D eigenvalue weighted by molar-refractivity contribution is -0.111. The van der Waals surface area contributed by atoms with Crippen LogP contribution >= 0.6 is 23.5 Å². The van der Waals surface area contributed by atoms with E-state index in [0.29, 0.717) is 40.0 Å². The lowest BCUT2D eigenvalue weighted by Crippen LogP contribution is -2.42. The molecule has 1 amide bonds. The summed E-state index contributed by atoms with van der Waals surface area (Å²) in [5, 5.41) is 6.51. The zero-order chi connectivity index (χ0) is 27.2. The molecule has 10 nitrogen and oxygen atoms in total. The van der Waals surface area contributed by atoms with Crippen LogP contribution in [0.15, 0.2) is 31.0 Å². The molecule has 1 aromatic heterocycles. The minimum atomic E-state index is -0.292. The van der Waals surface area contributed by atoms with Gasteiger partial charge in [-0.05, 0) is 51.8 Å². The van der Waals surface area contributed by atoms with E-state index in [-0.39, 0.29) is 12.0 Å². The number of benzene rings is 1. The van der Waals surface area contributed by atoms with Crippen LogP contribution in [0.1, 0.15) is 19.3 Å². The number of rotatable bonds is 10. The van der Waals surface area contributed by atoms with Gasteiger partial charge in [-0.15, -0.1) is 0 Å². The quantitative estimate of drug-likeness (QED) is 0.323. The van der Waals surface area contributed by atoms with E-state index in [1.807, 2.05) is 12.1 Å². The number of hydrogen-bond donors (Lipinski definition) is 2. The number of nitrogens with one attached hydrogen (secondary N) is 2. The molecule has 0 aliphatic carbocycles. The van der Waals surface area contributed by atoms with Crippen molar-refractivity contribution >= 4 is 52.5 Å². The van der Waals surface area contributed by atoms with Crippen LogP contribution < -0.4 is 25.0 Å². The fourth-order valence-corrected chi connectivity index (χ4v) is 5.48. The molecule has 1 unspecified atom stereocenters. The molecule has 1 aromatic carbocycles. The fourth-order valence-electron chi connectivity index (χ4n) is 4.74. The second kappa shape index (κ2) is 12.9. The van der Waals surface area contributed by atoms with Crippen LogP contribution in [0.5, 0.6) is 11.6 Å². The minimum absolute atomic E-state index is 0.00822. The number of aromatic nitrogens is 2. The van der Waals surface area contributed by atoms with E-state index in [0.717, 1.165) is 51.1 Å². The molecule has 38 heavy (non-hydrogen) atoms. The van der Waals surface area contributed by atoms with E-state index < -0.39 is 0 Å². The number of nitrogens with zero attached hydrogens (tertiary/aromatic N) is 5. The summed E-state index contributed by atoms with van der Waals surface area (Å²) in [7, 11) is 5.84. The zero-order valence-electron chi connectivity index (χ0n) is 22.4. The Labute approximate surface area is 233 Å². The SMILES string of the molecule is C=CC(=O)Nc1cc(Nc2ncc(Cl)c(OC3CCN(SC)C3)n2)c(OC)cc1N1CCC(N(C)C)CC1. The van der Waals surface area contributed by atoms with Gasteiger partial charge in [0.2, 0.25) is 17.7 Å². The van der Waals surface area contributed by atoms with Crippen LogP contribution in [0, 0.1) is 0 Å². The van der Waals surface area contributed by atoms with Crippen LogP contribution in [0.3, 0.4) is 0 Å². The molecule has 4 rings (SSSR count). The fraction of sp³-hybridized carbons (Fsp3) is 0.500. The van der Waals surface area contributed by atoms with E-state index in [2.05, 4.69) is 61.6 Å². The molecular formula is C26H36ClN7O3S. The Morgan fingerprint density at radius 3 is 2.63 bits per heavy atom. The second-order valence-corrected chi connectivity index (χ2v) is 10.8. The topological polar surface area (TPSA) is 95.1 Å². The Bertz CT molecular complexity index is 1140. The van der Waals surface area contributed by atoms with E-state index in [1.165, 1.54) is 12.3 Å². The molecule has 206 valence electrons. The number of ether oxygens (including phenoxy) is 2. The van der Waals surface area contributed by atoms with Crippen LogP contribution in [0.25, 0.3) is 0 Å². The first kappa shape index (κ1) is 28.3. The van der Waals surface area contributed by atoms with Crippen molar-refractivity contribution in [3.8, 4) is 11.6 Å². The number of carbonyl (C=O) groups is 1. The predicted octanol–water partition coefficient (Wildman–Crippen LogP) is 4.27. The van der Waals surface area contributed by atoms with Crippen LogP contribution in [0.4, 0.5) is 23.0 Å². The van der Waals surface area contributed by atoms with Crippen molar-refractivity contribution in [1.82, 2.24) is 19.2 Å². The normalized spacial score (nSPS) is 18.5. The van der Waals surface area contributed by atoms with Crippen LogP contribution in [-0.2, 0) is 4.79 Å². The van der Waals surface area contributed by atoms with Crippen molar-refractivity contribution in [1.29, 1.82) is 0 Å². The first-order valence-electron chi connectivity index (χ1n) is 12.6. The average molecular weight is 562 g/mol. The highest BCUT2D eigenvalue weighted by atomic mass is 35.5. The molecule has 2 N–H and O–H groups in total. The molecule has 0 radical (unpaired) electrons. The second-order valence-electron chi connectivity index (χ2n) is 9.52. The van der Waals surface area contributed by atoms with Crippen LogP contribution in [0.2, 0.25) is 5.02 Å². The number of amides is 1. The zero-order valence-corrected chi connectivity index (χ0v) is 23.9. The van der Waals surface area contributed by atoms with Gasteiger partial charge >= 0.3 is 0 Å². The van der Waals surface area contributed by atoms with E-state index in [1.54, 1.807) is 19.1 Å². The molecule has 2 fully saturated rings. The van der Waals surface area contributed by atoms with Crippen molar-refractivity contribution in [3.05, 3.63) is 36.0 Å². The summed E-state index contributed by atoms with van der Waals surface area (Å²) >= 11 is 8.05. The standard InChI is InChI=1S/C26H36ClN7O3S/c1-6-24(35)29-20-13-21(23(36-4)14-22(20)33-10-7-17(8-11-33)32(2)3)30-26-28-15-19(27)25(31-26)37-18-9-12-34(16-18)38-5/h6,13-15,17-18H,1,7-12,16H2,2-5H3,(H,29,35)(H,28,30,31). The number of piperidine rings is 1. The molecule has 2 saturated heterocycles. The van der Waals surface area contributed by atoms with Gasteiger partial charge in [-0.3, -0.25) is 4.79 Å². The molecule has 0 bridgehead atoms. The third-order valence-corrected chi connectivity index (χ3v) is 8.01. The van der Waals surface area contributed by atoms with Crippen molar-refractivity contribution in [2.75, 3.05) is 69.2 Å². The molecule has 2 aliphatic heterocycles. The highest BCUT2D eigenvalue weighted by Crippen LogP contribution is 2.39. The Morgan fingerprint density at radius 2 is 2.00 bits per heavy atom. The molecule has 0 saturated carbocycles. The Morgan fingerprint density at radius 1 is 1.24 bits per heavy atom. The lowest BCUT2D eigenvalue weighted by Gasteiger charge is -2.37. The van der Waals surface area contributed by atoms with Crippen molar-refractivity contribution in [2.45, 2.75) is 31.4 Å². The van der Waals surface area contributed by atoms with Crippen molar-refractivity contribution in [3.63, 3.8) is 0 Å². The Hall–Kier alpha value is -2.73. The van der Waals surface area contributed by atoms with E-state index in [4.69, 9.17) is 21.1 Å². The first-order chi connectivity index (χ1) is 18.3. The van der Waals surface area contributed by atoms with Gasteiger partial charge in [0.15, 0.2) is 0 Å². The number of anilines is 4. The number of carbonyl (C=O) groups excluding carboxylic acids is 1. The summed E-state index contributed by atoms with van der Waals surface area (Å²) < 4.78 is 14.1. The Balaban J connectivity index is 1.59. The third-order valence-electron chi connectivity index (χ3n) is 6.90. The average Bonchev–Trinajstić information content (AvgIpc) is 3.38. The maximum Gasteiger partial charge on any atom is 0.247 e. The van der Waals surface area contributed by atoms with Gasteiger partial charge in [-0.1, -0.05) is 30.1 Å². The van der Waals surface area contributed by atoms with Gasteiger partial charge < -0.3 is 29.9 Å². The molecular weight excluding hydrogens is 526 g/mol. The van der Waals surface area contributed by atoms with E-state index in [9.17, 15) is 4.79 Å². The van der Waals surface area contributed by atoms with Gasteiger partial charge in [0, 0.05) is 38.3 Å². The molecule has 12 heteroatoms. The monoisotopic (exact) mass is 561 g/mol. The Kier molecular flexibility index (Phi) is 9.59. The summed E-state index contributed by atoms with van der Waals surface area (Å²) in [5.41, 5.74) is 2.14. The number of halogens is 1. The van der Waals surface area contributed by atoms with Crippen molar-refractivity contribution < 1.29 is 14.3 Å². The van der Waals surface area contributed by atoms with Gasteiger partial charge in [0.1, 0.15) is 16.9 Å². The summed E-state index contributed by atoms with van der Waals surface area (Å²) in [5.74, 6) is 0.943. The van der Waals surface area contributed by atoms with Gasteiger partial charge in [-0.25, -0.2) is 9.29 Å². The summed E-state index contributed by atoms with van der Waals surface area (Å²) in [6.45, 7) is 7.09. The molecule has 3 heterocycles. The maximum absolute atomic E-state index is 12.3. The number of hydrogen-bond acceptors (Lipinski definition) is 10. The maximum atomic E-state index is 12.3. The summed E-state index contributed by atoms with van der Waals surface area (Å²) in [4.78, 5) is 25.7. The summed E-state index contributed by atoms with van der Waals surface area (Å²) in [6.07, 6.45) is 7.79. The highest BCUT2D eigenvalue weighted by Gasteiger charge is 2.26. The predicted molar refractivity (Wildman–Crippen MR) is 155 cm³/mol. The van der Waals surface area contributed by atoms with Gasteiger partial charge in [0.05, 0.1) is 30.4 Å².